The summed E-state index contributed by atoms with van der Waals surface area (Å²) in [6.45, 7) is 4.21. The third-order valence-electron chi connectivity index (χ3n) is 6.58. The lowest BCUT2D eigenvalue weighted by Gasteiger charge is -2.30. The number of nitrogens with zero attached hydrogens (tertiary/aromatic N) is 5. The highest BCUT2D eigenvalue weighted by Gasteiger charge is 2.26. The first-order valence-corrected chi connectivity index (χ1v) is 12.7. The molecule has 0 aliphatic carbocycles. The highest BCUT2D eigenvalue weighted by molar-refractivity contribution is 7.71. The molecule has 3 heterocycles. The number of hydrogen-bond acceptors (Lipinski definition) is 5. The third kappa shape index (κ3) is 5.61. The molecule has 36 heavy (non-hydrogen) atoms. The number of aryl methyl sites for hydroxylation is 1. The average molecular weight is 499 g/mol. The van der Waals surface area contributed by atoms with E-state index in [-0.39, 0.29) is 11.8 Å². The monoisotopic (exact) mass is 498 g/mol. The number of anilines is 1. The first-order valence-electron chi connectivity index (χ1n) is 12.3. The highest BCUT2D eigenvalue weighted by atomic mass is 32.1. The zero-order valence-corrected chi connectivity index (χ0v) is 21.2. The normalized spacial score (nSPS) is 14.6. The summed E-state index contributed by atoms with van der Waals surface area (Å²) in [7, 11) is 0. The van der Waals surface area contributed by atoms with Crippen LogP contribution in [0.25, 0.3) is 5.69 Å². The van der Waals surface area contributed by atoms with Crippen LogP contribution in [-0.2, 0) is 17.9 Å². The Hall–Kier alpha value is -3.62. The van der Waals surface area contributed by atoms with Crippen molar-refractivity contribution in [2.75, 3.05) is 18.4 Å². The van der Waals surface area contributed by atoms with Gasteiger partial charge < -0.3 is 5.32 Å². The standard InChI is InChI=1S/C28H30N6OS/c1-21-12-13-25(29-19-21)30-27(35)23-14-16-32(17-15-23)20-33-28(36)34(24-10-6-3-7-11-24)26(31-33)18-22-8-4-2-5-9-22/h2-13,19,23H,14-18,20H2,1H3,(H,29,30,35). The van der Waals surface area contributed by atoms with Crippen molar-refractivity contribution >= 4 is 23.9 Å². The molecule has 8 heteroatoms. The minimum Gasteiger partial charge on any atom is -0.310 e. The second-order valence-electron chi connectivity index (χ2n) is 9.28. The number of benzene rings is 2. The summed E-state index contributed by atoms with van der Waals surface area (Å²) in [5.41, 5.74) is 3.28. The maximum Gasteiger partial charge on any atom is 0.228 e. The molecular weight excluding hydrogens is 468 g/mol. The van der Waals surface area contributed by atoms with E-state index in [9.17, 15) is 4.79 Å². The molecule has 184 valence electrons. The molecule has 2 aromatic carbocycles. The van der Waals surface area contributed by atoms with Gasteiger partial charge in [-0.15, -0.1) is 0 Å². The first-order chi connectivity index (χ1) is 17.6. The van der Waals surface area contributed by atoms with E-state index in [1.165, 1.54) is 5.56 Å². The number of amides is 1. The summed E-state index contributed by atoms with van der Waals surface area (Å²) >= 11 is 5.89. The smallest absolute Gasteiger partial charge is 0.228 e. The fourth-order valence-corrected chi connectivity index (χ4v) is 4.88. The second kappa shape index (κ2) is 11.0. The molecule has 4 aromatic rings. The van der Waals surface area contributed by atoms with E-state index in [0.29, 0.717) is 23.7 Å². The van der Waals surface area contributed by atoms with Gasteiger partial charge >= 0.3 is 0 Å². The maximum atomic E-state index is 12.7. The second-order valence-corrected chi connectivity index (χ2v) is 9.64. The predicted molar refractivity (Wildman–Crippen MR) is 144 cm³/mol. The summed E-state index contributed by atoms with van der Waals surface area (Å²) in [4.78, 5) is 19.4. The Labute approximate surface area is 216 Å². The Bertz CT molecular complexity index is 1360. The van der Waals surface area contributed by atoms with Crippen molar-refractivity contribution in [2.45, 2.75) is 32.9 Å². The van der Waals surface area contributed by atoms with E-state index in [1.54, 1.807) is 6.20 Å². The molecule has 0 atom stereocenters. The van der Waals surface area contributed by atoms with Gasteiger partial charge in [0.15, 0.2) is 0 Å². The van der Waals surface area contributed by atoms with Crippen molar-refractivity contribution in [3.8, 4) is 5.69 Å². The van der Waals surface area contributed by atoms with Crippen molar-refractivity contribution in [2.24, 2.45) is 5.92 Å². The number of nitrogens with one attached hydrogen (secondary N) is 1. The Morgan fingerprint density at radius 3 is 2.36 bits per heavy atom. The maximum absolute atomic E-state index is 12.7. The summed E-state index contributed by atoms with van der Waals surface area (Å²) in [6.07, 6.45) is 4.05. The summed E-state index contributed by atoms with van der Waals surface area (Å²) < 4.78 is 4.66. The SMILES string of the molecule is Cc1ccc(NC(=O)C2CCN(Cn3nc(Cc4ccccc4)n(-c4ccccc4)c3=S)CC2)nc1. The van der Waals surface area contributed by atoms with Crippen molar-refractivity contribution in [1.29, 1.82) is 0 Å². The number of aromatic nitrogens is 4. The molecule has 2 aromatic heterocycles. The number of hydrogen-bond donors (Lipinski definition) is 1. The Kier molecular flexibility index (Phi) is 7.34. The van der Waals surface area contributed by atoms with E-state index >= 15 is 0 Å². The van der Waals surface area contributed by atoms with Crippen LogP contribution in [0.2, 0.25) is 0 Å². The molecule has 7 nitrogen and oxygen atoms in total. The first kappa shape index (κ1) is 24.1. The lowest BCUT2D eigenvalue weighted by Crippen LogP contribution is -2.39. The molecule has 5 rings (SSSR count). The van der Waals surface area contributed by atoms with Crippen LogP contribution in [0.4, 0.5) is 5.82 Å². The molecule has 1 aliphatic rings. The number of rotatable bonds is 7. The summed E-state index contributed by atoms with van der Waals surface area (Å²) in [5.74, 6) is 1.54. The molecule has 0 radical (unpaired) electrons. The van der Waals surface area contributed by atoms with Gasteiger partial charge in [0.2, 0.25) is 10.7 Å². The minimum absolute atomic E-state index is 0.0205. The van der Waals surface area contributed by atoms with Gasteiger partial charge in [0.25, 0.3) is 0 Å². The highest BCUT2D eigenvalue weighted by Crippen LogP contribution is 2.21. The Morgan fingerprint density at radius 2 is 1.69 bits per heavy atom. The fraction of sp³-hybridized carbons (Fsp3) is 0.286. The molecule has 1 aliphatic heterocycles. The van der Waals surface area contributed by atoms with Crippen LogP contribution < -0.4 is 5.32 Å². The Morgan fingerprint density at radius 1 is 1.00 bits per heavy atom. The van der Waals surface area contributed by atoms with Crippen LogP contribution in [-0.4, -0.2) is 43.2 Å². The van der Waals surface area contributed by atoms with E-state index in [4.69, 9.17) is 17.3 Å². The van der Waals surface area contributed by atoms with Gasteiger partial charge in [0.05, 0.1) is 6.67 Å². The van der Waals surface area contributed by atoms with Crippen molar-refractivity contribution in [3.63, 3.8) is 0 Å². The van der Waals surface area contributed by atoms with Crippen molar-refractivity contribution in [3.05, 3.63) is 101 Å². The van der Waals surface area contributed by atoms with Crippen LogP contribution in [0, 0.1) is 17.6 Å². The summed E-state index contributed by atoms with van der Waals surface area (Å²) in [5, 5.41) is 7.90. The van der Waals surface area contributed by atoms with Gasteiger partial charge in [0.1, 0.15) is 11.6 Å². The van der Waals surface area contributed by atoms with Gasteiger partial charge in [-0.3, -0.25) is 14.3 Å². The lowest BCUT2D eigenvalue weighted by molar-refractivity contribution is -0.121. The quantitative estimate of drug-likeness (QED) is 0.363. The van der Waals surface area contributed by atoms with Gasteiger partial charge in [-0.1, -0.05) is 54.6 Å². The number of carbonyl (C=O) groups is 1. The molecule has 1 N–H and O–H groups in total. The molecular formula is C28H30N6OS. The van der Waals surface area contributed by atoms with Crippen LogP contribution in [0.1, 0.15) is 29.8 Å². The van der Waals surface area contributed by atoms with E-state index in [0.717, 1.165) is 43.0 Å². The number of likely N-dealkylation sites (tertiary alicyclic amines) is 1. The van der Waals surface area contributed by atoms with Gasteiger partial charge in [-0.2, -0.15) is 5.10 Å². The van der Waals surface area contributed by atoms with Gasteiger partial charge in [-0.25, -0.2) is 9.67 Å². The third-order valence-corrected chi connectivity index (χ3v) is 6.97. The van der Waals surface area contributed by atoms with Crippen LogP contribution >= 0.6 is 12.2 Å². The molecule has 0 spiro atoms. The lowest BCUT2D eigenvalue weighted by atomic mass is 9.96. The van der Waals surface area contributed by atoms with Gasteiger partial charge in [0, 0.05) is 37.3 Å². The molecule has 0 unspecified atom stereocenters. The largest absolute Gasteiger partial charge is 0.310 e. The zero-order valence-electron chi connectivity index (χ0n) is 20.4. The molecule has 1 fully saturated rings. The average Bonchev–Trinajstić information content (AvgIpc) is 3.21. The number of carbonyl (C=O) groups excluding carboxylic acids is 1. The van der Waals surface area contributed by atoms with Crippen molar-refractivity contribution < 1.29 is 4.79 Å². The summed E-state index contributed by atoms with van der Waals surface area (Å²) in [6, 6.07) is 24.3. The fourth-order valence-electron chi connectivity index (χ4n) is 4.57. The van der Waals surface area contributed by atoms with E-state index in [1.807, 2.05) is 60.1 Å². The Balaban J connectivity index is 1.27. The van der Waals surface area contributed by atoms with E-state index in [2.05, 4.69) is 44.0 Å². The molecule has 0 bridgehead atoms. The molecule has 1 amide bonds. The van der Waals surface area contributed by atoms with Crippen molar-refractivity contribution in [1.82, 2.24) is 24.2 Å². The minimum atomic E-state index is -0.0205. The topological polar surface area (TPSA) is 68.0 Å². The number of piperidine rings is 1. The van der Waals surface area contributed by atoms with Crippen LogP contribution in [0.15, 0.2) is 79.0 Å². The number of pyridine rings is 1. The predicted octanol–water partition coefficient (Wildman–Crippen LogP) is 5.01. The van der Waals surface area contributed by atoms with Crippen LogP contribution in [0.3, 0.4) is 0 Å². The zero-order chi connectivity index (χ0) is 24.9. The van der Waals surface area contributed by atoms with E-state index < -0.39 is 0 Å². The molecule has 0 saturated carbocycles. The van der Waals surface area contributed by atoms with Gasteiger partial charge in [-0.05, 0) is 61.3 Å². The number of para-hydroxylation sites is 1. The molecule has 1 saturated heterocycles. The van der Waals surface area contributed by atoms with Crippen LogP contribution in [0.5, 0.6) is 0 Å².